The van der Waals surface area contributed by atoms with E-state index in [0.29, 0.717) is 11.3 Å². The Hall–Kier alpha value is -2.35. The maximum absolute atomic E-state index is 11.9. The average molecular weight is 335 g/mol. The molecule has 2 unspecified atom stereocenters. The lowest BCUT2D eigenvalue weighted by molar-refractivity contribution is -0.385. The summed E-state index contributed by atoms with van der Waals surface area (Å²) in [5, 5.41) is 20.2. The van der Waals surface area contributed by atoms with Gasteiger partial charge in [0, 0.05) is 17.9 Å². The molecule has 0 bridgehead atoms. The third-order valence-electron chi connectivity index (χ3n) is 3.50. The second kappa shape index (κ2) is 6.82. The van der Waals surface area contributed by atoms with Crippen molar-refractivity contribution in [3.63, 3.8) is 0 Å². The number of likely N-dealkylation sites (tertiary alicyclic amines) is 1. The molecule has 1 aromatic rings. The van der Waals surface area contributed by atoms with Crippen molar-refractivity contribution in [2.24, 2.45) is 0 Å². The van der Waals surface area contributed by atoms with Crippen LogP contribution in [0.25, 0.3) is 0 Å². The van der Waals surface area contributed by atoms with Crippen molar-refractivity contribution < 1.29 is 19.6 Å². The van der Waals surface area contributed by atoms with Gasteiger partial charge in [0.15, 0.2) is 6.04 Å². The molecular formula is C15H15N2O5S. The lowest BCUT2D eigenvalue weighted by Crippen LogP contribution is -2.54. The predicted octanol–water partition coefficient (Wildman–Crippen LogP) is 2.38. The molecule has 0 spiro atoms. The van der Waals surface area contributed by atoms with Crippen LogP contribution in [0, 0.1) is 17.0 Å². The molecule has 23 heavy (non-hydrogen) atoms. The standard InChI is InChI=1S/C15H15N2O5S/c1-3-6-23-13-8-12(18)16(13)14(15(19)20)11-7-10(17(21)22)5-4-9(11)2/h3-5,7,13-14H,1-2,6,8H2,(H,19,20). The number of nitro groups is 1. The summed E-state index contributed by atoms with van der Waals surface area (Å²) in [4.78, 5) is 35.2. The Morgan fingerprint density at radius 2 is 2.30 bits per heavy atom. The van der Waals surface area contributed by atoms with Crippen molar-refractivity contribution in [3.05, 3.63) is 59.0 Å². The molecule has 8 heteroatoms. The molecule has 1 saturated heterocycles. The highest BCUT2D eigenvalue weighted by Gasteiger charge is 2.45. The minimum atomic E-state index is -1.29. The number of rotatable bonds is 7. The third-order valence-corrected chi connectivity index (χ3v) is 4.71. The van der Waals surface area contributed by atoms with Gasteiger partial charge in [0.25, 0.3) is 5.69 Å². The Morgan fingerprint density at radius 1 is 1.61 bits per heavy atom. The molecule has 1 N–H and O–H groups in total. The number of thioether (sulfide) groups is 1. The van der Waals surface area contributed by atoms with Crippen LogP contribution in [-0.2, 0) is 9.59 Å². The first-order chi connectivity index (χ1) is 10.9. The fraction of sp³-hybridized carbons (Fsp3) is 0.267. The zero-order chi connectivity index (χ0) is 17.1. The summed E-state index contributed by atoms with van der Waals surface area (Å²) in [6.07, 6.45) is 1.91. The first kappa shape index (κ1) is 17.0. The van der Waals surface area contributed by atoms with Gasteiger partial charge in [0.1, 0.15) is 0 Å². The number of hydrogen-bond donors (Lipinski definition) is 1. The number of carbonyl (C=O) groups excluding carboxylic acids is 1. The van der Waals surface area contributed by atoms with E-state index in [-0.39, 0.29) is 29.0 Å². The SMILES string of the molecule is [CH2]c1ccc([N+](=O)[O-])cc1C(C(=O)O)N1C(=O)CC1SCC=C. The van der Waals surface area contributed by atoms with Gasteiger partial charge in [-0.15, -0.1) is 18.3 Å². The molecule has 1 radical (unpaired) electrons. The van der Waals surface area contributed by atoms with E-state index in [4.69, 9.17) is 0 Å². The Labute approximate surface area is 137 Å². The molecule has 1 heterocycles. The van der Waals surface area contributed by atoms with E-state index in [9.17, 15) is 24.8 Å². The van der Waals surface area contributed by atoms with Crippen molar-refractivity contribution in [1.82, 2.24) is 4.90 Å². The highest BCUT2D eigenvalue weighted by molar-refractivity contribution is 8.00. The topological polar surface area (TPSA) is 101 Å². The smallest absolute Gasteiger partial charge is 0.331 e. The first-order valence-electron chi connectivity index (χ1n) is 6.73. The second-order valence-electron chi connectivity index (χ2n) is 4.96. The van der Waals surface area contributed by atoms with E-state index < -0.39 is 16.9 Å². The molecule has 0 saturated carbocycles. The number of benzene rings is 1. The summed E-state index contributed by atoms with van der Waals surface area (Å²) in [6, 6.07) is 2.53. The zero-order valence-corrected chi connectivity index (χ0v) is 13.0. The normalized spacial score (nSPS) is 18.2. The van der Waals surface area contributed by atoms with E-state index in [0.717, 1.165) is 0 Å². The van der Waals surface area contributed by atoms with Crippen molar-refractivity contribution >= 4 is 29.3 Å². The molecule has 1 aliphatic rings. The van der Waals surface area contributed by atoms with E-state index in [1.54, 1.807) is 6.08 Å². The highest BCUT2D eigenvalue weighted by atomic mass is 32.2. The van der Waals surface area contributed by atoms with Crippen LogP contribution in [0.4, 0.5) is 5.69 Å². The molecule has 1 aliphatic heterocycles. The van der Waals surface area contributed by atoms with Gasteiger partial charge < -0.3 is 10.0 Å². The highest BCUT2D eigenvalue weighted by Crippen LogP contribution is 2.39. The summed E-state index contributed by atoms with van der Waals surface area (Å²) in [6.45, 7) is 7.32. The largest absolute Gasteiger partial charge is 0.479 e. The van der Waals surface area contributed by atoms with E-state index in [2.05, 4.69) is 13.5 Å². The number of nitro benzene ring substituents is 1. The Balaban J connectivity index is 2.40. The number of carboxylic acids is 1. The number of amides is 1. The zero-order valence-electron chi connectivity index (χ0n) is 12.2. The van der Waals surface area contributed by atoms with Crippen LogP contribution in [0.3, 0.4) is 0 Å². The fourth-order valence-electron chi connectivity index (χ4n) is 2.38. The Bertz CT molecular complexity index is 676. The first-order valence-corrected chi connectivity index (χ1v) is 7.78. The molecule has 121 valence electrons. The van der Waals surface area contributed by atoms with Gasteiger partial charge in [0.05, 0.1) is 16.7 Å². The minimum absolute atomic E-state index is 0.156. The van der Waals surface area contributed by atoms with Gasteiger partial charge in [-0.05, 0) is 18.1 Å². The average Bonchev–Trinajstić information content (AvgIpc) is 2.49. The van der Waals surface area contributed by atoms with Gasteiger partial charge in [-0.2, -0.15) is 0 Å². The summed E-state index contributed by atoms with van der Waals surface area (Å²) >= 11 is 1.40. The molecule has 7 nitrogen and oxygen atoms in total. The Morgan fingerprint density at radius 3 is 2.83 bits per heavy atom. The van der Waals surface area contributed by atoms with Crippen molar-refractivity contribution in [3.8, 4) is 0 Å². The number of aliphatic carboxylic acids is 1. The summed E-state index contributed by atoms with van der Waals surface area (Å²) in [7, 11) is 0. The van der Waals surface area contributed by atoms with Crippen molar-refractivity contribution in [2.45, 2.75) is 17.8 Å². The van der Waals surface area contributed by atoms with Crippen molar-refractivity contribution in [2.75, 3.05) is 5.75 Å². The predicted molar refractivity (Wildman–Crippen MR) is 85.8 cm³/mol. The molecule has 1 fully saturated rings. The van der Waals surface area contributed by atoms with Gasteiger partial charge in [0.2, 0.25) is 5.91 Å². The lowest BCUT2D eigenvalue weighted by atomic mass is 9.96. The van der Waals surface area contributed by atoms with Crippen LogP contribution in [0.15, 0.2) is 30.9 Å². The van der Waals surface area contributed by atoms with Crippen LogP contribution in [0.2, 0.25) is 0 Å². The lowest BCUT2D eigenvalue weighted by Gasteiger charge is -2.43. The van der Waals surface area contributed by atoms with E-state index in [1.807, 2.05) is 0 Å². The molecule has 2 rings (SSSR count). The van der Waals surface area contributed by atoms with Crippen LogP contribution in [0.5, 0.6) is 0 Å². The van der Waals surface area contributed by atoms with Gasteiger partial charge >= 0.3 is 5.97 Å². The number of β-lactam (4-membered cyclic amide) rings is 1. The van der Waals surface area contributed by atoms with Crippen LogP contribution >= 0.6 is 11.8 Å². The molecule has 1 amide bonds. The molecule has 2 atom stereocenters. The monoisotopic (exact) mass is 335 g/mol. The van der Waals surface area contributed by atoms with Crippen LogP contribution in [-0.4, -0.2) is 37.9 Å². The number of nitrogens with zero attached hydrogens (tertiary/aromatic N) is 2. The maximum atomic E-state index is 11.9. The van der Waals surface area contributed by atoms with E-state index in [1.165, 1.54) is 34.9 Å². The number of hydrogen-bond acceptors (Lipinski definition) is 5. The van der Waals surface area contributed by atoms with Gasteiger partial charge in [-0.25, -0.2) is 4.79 Å². The molecule has 1 aromatic carbocycles. The number of carbonyl (C=O) groups is 2. The van der Waals surface area contributed by atoms with E-state index >= 15 is 0 Å². The molecule has 0 aromatic heterocycles. The van der Waals surface area contributed by atoms with Crippen LogP contribution < -0.4 is 0 Å². The van der Waals surface area contributed by atoms with Gasteiger partial charge in [-0.3, -0.25) is 14.9 Å². The molecular weight excluding hydrogens is 320 g/mol. The summed E-state index contributed by atoms with van der Waals surface area (Å²) in [5.41, 5.74) is 0.265. The second-order valence-corrected chi connectivity index (χ2v) is 6.17. The quantitative estimate of drug-likeness (QED) is 0.355. The maximum Gasteiger partial charge on any atom is 0.331 e. The molecule has 0 aliphatic carbocycles. The van der Waals surface area contributed by atoms with Crippen LogP contribution in [0.1, 0.15) is 23.6 Å². The third kappa shape index (κ3) is 3.37. The van der Waals surface area contributed by atoms with Gasteiger partial charge in [-0.1, -0.05) is 12.1 Å². The summed E-state index contributed by atoms with van der Waals surface area (Å²) < 4.78 is 0. The Kier molecular flexibility index (Phi) is 5.05. The van der Waals surface area contributed by atoms with Crippen molar-refractivity contribution in [1.29, 1.82) is 0 Å². The minimum Gasteiger partial charge on any atom is -0.479 e. The summed E-state index contributed by atoms with van der Waals surface area (Å²) in [5.74, 6) is -0.968. The number of carboxylic acid groups (broad SMARTS) is 1. The number of non-ortho nitro benzene ring substituents is 1. The fourth-order valence-corrected chi connectivity index (χ4v) is 3.40.